The van der Waals surface area contributed by atoms with E-state index in [0.717, 1.165) is 6.26 Å². The van der Waals surface area contributed by atoms with Gasteiger partial charge in [-0.05, 0) is 46.7 Å². The van der Waals surface area contributed by atoms with Gasteiger partial charge < -0.3 is 5.11 Å². The Balaban J connectivity index is 2.21. The minimum absolute atomic E-state index is 0.0392. The Bertz CT molecular complexity index is 1180. The van der Waals surface area contributed by atoms with Crippen molar-refractivity contribution in [2.45, 2.75) is 11.3 Å². The molecule has 0 unspecified atom stereocenters. The number of aliphatic carboxylic acids is 1. The van der Waals surface area contributed by atoms with Gasteiger partial charge in [-0.3, -0.25) is 9.59 Å². The molecule has 0 heterocycles. The fourth-order valence-electron chi connectivity index (χ4n) is 2.88. The first kappa shape index (κ1) is 19.1. The van der Waals surface area contributed by atoms with Crippen molar-refractivity contribution in [1.29, 1.82) is 0 Å². The minimum Gasteiger partial charge on any atom is -0.481 e. The van der Waals surface area contributed by atoms with E-state index >= 15 is 0 Å². The highest BCUT2D eigenvalue weighted by Crippen LogP contribution is 2.27. The summed E-state index contributed by atoms with van der Waals surface area (Å²) in [4.78, 5) is 24.2. The lowest BCUT2D eigenvalue weighted by Gasteiger charge is -2.10. The number of sulfone groups is 1. The topological polar surface area (TPSA) is 88.5 Å². The number of carboxylic acids is 1. The molecule has 0 saturated carbocycles. The smallest absolute Gasteiger partial charge is 0.307 e. The van der Waals surface area contributed by atoms with Crippen LogP contribution >= 0.6 is 11.6 Å². The molecule has 7 heteroatoms. The quantitative estimate of drug-likeness (QED) is 0.656. The summed E-state index contributed by atoms with van der Waals surface area (Å²) in [6.07, 6.45) is 0.835. The molecule has 3 aromatic rings. The maximum absolute atomic E-state index is 13.1. The Hall–Kier alpha value is -2.70. The van der Waals surface area contributed by atoms with E-state index in [1.165, 1.54) is 30.3 Å². The molecule has 27 heavy (non-hydrogen) atoms. The van der Waals surface area contributed by atoms with Crippen LogP contribution in [0.15, 0.2) is 59.5 Å². The molecule has 0 saturated heterocycles. The number of fused-ring (bicyclic) bond motifs is 1. The van der Waals surface area contributed by atoms with Crippen LogP contribution in [0.3, 0.4) is 0 Å². The van der Waals surface area contributed by atoms with Crippen LogP contribution in [-0.2, 0) is 21.1 Å². The molecule has 0 fully saturated rings. The molecular weight excluding hydrogens is 388 g/mol. The summed E-state index contributed by atoms with van der Waals surface area (Å²) in [5, 5.41) is 10.8. The average molecular weight is 403 g/mol. The Morgan fingerprint density at radius 2 is 1.78 bits per heavy atom. The van der Waals surface area contributed by atoms with Crippen molar-refractivity contribution in [3.05, 3.63) is 76.3 Å². The number of benzene rings is 3. The fraction of sp³-hybridized carbons (Fsp3) is 0.100. The van der Waals surface area contributed by atoms with E-state index in [2.05, 4.69) is 0 Å². The van der Waals surface area contributed by atoms with Crippen molar-refractivity contribution in [2.75, 3.05) is 6.26 Å². The number of halogens is 1. The van der Waals surface area contributed by atoms with Crippen molar-refractivity contribution in [2.24, 2.45) is 0 Å². The molecule has 0 atom stereocenters. The van der Waals surface area contributed by atoms with Crippen LogP contribution in [0.2, 0.25) is 5.02 Å². The first-order chi connectivity index (χ1) is 12.6. The maximum Gasteiger partial charge on any atom is 0.307 e. The van der Waals surface area contributed by atoms with Crippen molar-refractivity contribution < 1.29 is 23.1 Å². The lowest BCUT2D eigenvalue weighted by molar-refractivity contribution is -0.136. The van der Waals surface area contributed by atoms with Gasteiger partial charge in [0.15, 0.2) is 15.6 Å². The molecule has 0 aliphatic carbocycles. The molecule has 3 aromatic carbocycles. The second-order valence-electron chi connectivity index (χ2n) is 6.21. The van der Waals surface area contributed by atoms with Crippen molar-refractivity contribution >= 4 is 44.0 Å². The van der Waals surface area contributed by atoms with Crippen LogP contribution in [-0.4, -0.2) is 31.5 Å². The zero-order valence-corrected chi connectivity index (χ0v) is 15.8. The molecule has 5 nitrogen and oxygen atoms in total. The number of hydrogen-bond acceptors (Lipinski definition) is 4. The molecule has 0 aromatic heterocycles. The summed E-state index contributed by atoms with van der Waals surface area (Å²) in [6, 6.07) is 14.0. The third-order valence-electron chi connectivity index (χ3n) is 4.10. The Morgan fingerprint density at radius 3 is 2.44 bits per heavy atom. The van der Waals surface area contributed by atoms with Gasteiger partial charge in [0, 0.05) is 22.4 Å². The minimum atomic E-state index is -3.47. The number of carbonyl (C=O) groups excluding carboxylic acids is 1. The molecule has 0 spiro atoms. The van der Waals surface area contributed by atoms with Gasteiger partial charge in [0.2, 0.25) is 0 Å². The van der Waals surface area contributed by atoms with Crippen molar-refractivity contribution in [3.8, 4) is 0 Å². The summed E-state index contributed by atoms with van der Waals surface area (Å²) in [5.41, 5.74) is 0.948. The SMILES string of the molecule is CS(=O)(=O)c1cccc(C(=O)c2cc(CC(=O)O)cc3ccc(Cl)cc23)c1. The van der Waals surface area contributed by atoms with Gasteiger partial charge in [-0.15, -0.1) is 0 Å². The average Bonchev–Trinajstić information content (AvgIpc) is 2.59. The van der Waals surface area contributed by atoms with E-state index in [0.29, 0.717) is 21.4 Å². The summed E-state index contributed by atoms with van der Waals surface area (Å²) >= 11 is 6.07. The normalized spacial score (nSPS) is 11.5. The van der Waals surface area contributed by atoms with Crippen molar-refractivity contribution in [3.63, 3.8) is 0 Å². The molecule has 0 aliphatic rings. The predicted molar refractivity (Wildman–Crippen MR) is 103 cm³/mol. The van der Waals surface area contributed by atoms with Crippen LogP contribution < -0.4 is 0 Å². The van der Waals surface area contributed by atoms with E-state index in [4.69, 9.17) is 16.7 Å². The summed E-state index contributed by atoms with van der Waals surface area (Å²) in [6.45, 7) is 0. The summed E-state index contributed by atoms with van der Waals surface area (Å²) < 4.78 is 23.6. The van der Waals surface area contributed by atoms with Crippen LogP contribution in [0, 0.1) is 0 Å². The standard InChI is InChI=1S/C20H15ClO5S/c1-27(25,26)16-4-2-3-14(10-16)20(24)18-8-12(9-19(22)23)7-13-5-6-15(21)11-17(13)18/h2-8,10-11H,9H2,1H3,(H,22,23). The number of hydrogen-bond donors (Lipinski definition) is 1. The highest BCUT2D eigenvalue weighted by molar-refractivity contribution is 7.90. The van der Waals surface area contributed by atoms with Gasteiger partial charge in [0.25, 0.3) is 0 Å². The molecule has 0 radical (unpaired) electrons. The van der Waals surface area contributed by atoms with Gasteiger partial charge in [-0.25, -0.2) is 8.42 Å². The van der Waals surface area contributed by atoms with Gasteiger partial charge in [-0.1, -0.05) is 35.9 Å². The molecule has 138 valence electrons. The second-order valence-corrected chi connectivity index (χ2v) is 8.66. The van der Waals surface area contributed by atoms with Crippen LogP contribution in [0.4, 0.5) is 0 Å². The lowest BCUT2D eigenvalue weighted by Crippen LogP contribution is -2.07. The van der Waals surface area contributed by atoms with Crippen molar-refractivity contribution in [1.82, 2.24) is 0 Å². The molecule has 0 amide bonds. The van der Waals surface area contributed by atoms with E-state index in [-0.39, 0.29) is 22.4 Å². The molecule has 3 rings (SSSR count). The third kappa shape index (κ3) is 4.18. The van der Waals surface area contributed by atoms with E-state index in [1.54, 1.807) is 24.3 Å². The molecule has 0 aliphatic heterocycles. The van der Waals surface area contributed by atoms with Crippen LogP contribution in [0.25, 0.3) is 10.8 Å². The van der Waals surface area contributed by atoms with Gasteiger partial charge in [-0.2, -0.15) is 0 Å². The zero-order chi connectivity index (χ0) is 19.8. The number of rotatable bonds is 5. The van der Waals surface area contributed by atoms with E-state index in [1.807, 2.05) is 0 Å². The number of ketones is 1. The third-order valence-corrected chi connectivity index (χ3v) is 5.45. The molecule has 1 N–H and O–H groups in total. The molecular formula is C20H15ClO5S. The second kappa shape index (κ2) is 7.13. The Labute approximate surface area is 161 Å². The fourth-order valence-corrected chi connectivity index (χ4v) is 3.72. The zero-order valence-electron chi connectivity index (χ0n) is 14.3. The maximum atomic E-state index is 13.1. The summed E-state index contributed by atoms with van der Waals surface area (Å²) in [5.74, 6) is -1.42. The highest BCUT2D eigenvalue weighted by Gasteiger charge is 2.17. The van der Waals surface area contributed by atoms with Gasteiger partial charge in [0.05, 0.1) is 11.3 Å². The highest BCUT2D eigenvalue weighted by atomic mass is 35.5. The Morgan fingerprint density at radius 1 is 1.04 bits per heavy atom. The van der Waals surface area contributed by atoms with E-state index < -0.39 is 21.6 Å². The number of carbonyl (C=O) groups is 2. The number of carboxylic acid groups (broad SMARTS) is 1. The summed E-state index contributed by atoms with van der Waals surface area (Å²) in [7, 11) is -3.47. The van der Waals surface area contributed by atoms with E-state index in [9.17, 15) is 18.0 Å². The van der Waals surface area contributed by atoms with Gasteiger partial charge in [0.1, 0.15) is 0 Å². The first-order valence-corrected chi connectivity index (χ1v) is 10.2. The van der Waals surface area contributed by atoms with Gasteiger partial charge >= 0.3 is 5.97 Å². The first-order valence-electron chi connectivity index (χ1n) is 7.94. The lowest BCUT2D eigenvalue weighted by atomic mass is 9.94. The largest absolute Gasteiger partial charge is 0.481 e. The monoisotopic (exact) mass is 402 g/mol. The van der Waals surface area contributed by atoms with Crippen LogP contribution in [0.5, 0.6) is 0 Å². The molecule has 0 bridgehead atoms. The van der Waals surface area contributed by atoms with Crippen LogP contribution in [0.1, 0.15) is 21.5 Å². The Kier molecular flexibility index (Phi) is 5.04. The predicted octanol–water partition coefficient (Wildman–Crippen LogP) is 3.75.